The SMILES string of the molecule is CCCCOc1ccc(C2=CCC(OC(=O)C3CC=C(c4ccc(-c5ccc(OCCCC)c(F)c5F)c(F)c4F)CC3)CC2)c(F)c1F. The van der Waals surface area contributed by atoms with Crippen LogP contribution in [-0.2, 0) is 9.53 Å². The molecule has 0 spiro atoms. The van der Waals surface area contributed by atoms with Crippen molar-refractivity contribution in [2.75, 3.05) is 13.2 Å². The van der Waals surface area contributed by atoms with E-state index in [2.05, 4.69) is 0 Å². The third kappa shape index (κ3) is 8.16. The molecule has 0 saturated heterocycles. The summed E-state index contributed by atoms with van der Waals surface area (Å²) in [7, 11) is 0. The number of halogens is 6. The highest BCUT2D eigenvalue weighted by atomic mass is 19.2. The van der Waals surface area contributed by atoms with Gasteiger partial charge in [-0.25, -0.2) is 17.6 Å². The predicted octanol–water partition coefficient (Wildman–Crippen LogP) is 10.9. The third-order valence-electron chi connectivity index (χ3n) is 9.06. The molecule has 0 aromatic heterocycles. The second kappa shape index (κ2) is 16.5. The molecule has 0 aliphatic heterocycles. The molecular weight excluding hydrogens is 646 g/mol. The number of hydrogen-bond acceptors (Lipinski definition) is 4. The zero-order chi connectivity index (χ0) is 35.1. The van der Waals surface area contributed by atoms with Crippen LogP contribution >= 0.6 is 0 Å². The van der Waals surface area contributed by atoms with Crippen molar-refractivity contribution in [3.63, 3.8) is 0 Å². The van der Waals surface area contributed by atoms with Gasteiger partial charge in [0.05, 0.1) is 19.1 Å². The Balaban J connectivity index is 1.19. The van der Waals surface area contributed by atoms with Crippen molar-refractivity contribution in [1.29, 1.82) is 0 Å². The molecule has 0 heterocycles. The van der Waals surface area contributed by atoms with Gasteiger partial charge in [-0.1, -0.05) is 51.0 Å². The van der Waals surface area contributed by atoms with E-state index >= 15 is 8.78 Å². The van der Waals surface area contributed by atoms with E-state index in [-0.39, 0.29) is 42.1 Å². The maximum Gasteiger partial charge on any atom is 0.309 e. The van der Waals surface area contributed by atoms with Gasteiger partial charge in [0.25, 0.3) is 0 Å². The topological polar surface area (TPSA) is 44.8 Å². The zero-order valence-corrected chi connectivity index (χ0v) is 27.7. The van der Waals surface area contributed by atoms with Gasteiger partial charge >= 0.3 is 5.97 Å². The van der Waals surface area contributed by atoms with Crippen LogP contribution in [0.1, 0.15) is 89.2 Å². The minimum atomic E-state index is -1.33. The Kier molecular flexibility index (Phi) is 12.1. The number of carbonyl (C=O) groups excluding carboxylic acids is 1. The maximum atomic E-state index is 15.3. The highest BCUT2D eigenvalue weighted by molar-refractivity contribution is 5.77. The number of benzene rings is 3. The molecule has 2 unspecified atom stereocenters. The fourth-order valence-electron chi connectivity index (χ4n) is 6.12. The molecule has 0 bridgehead atoms. The van der Waals surface area contributed by atoms with Crippen molar-refractivity contribution in [2.24, 2.45) is 5.92 Å². The van der Waals surface area contributed by atoms with E-state index in [9.17, 15) is 22.4 Å². The molecule has 10 heteroatoms. The Labute approximate surface area is 282 Å². The maximum absolute atomic E-state index is 15.3. The summed E-state index contributed by atoms with van der Waals surface area (Å²) in [5.41, 5.74) is 0.449. The van der Waals surface area contributed by atoms with Gasteiger partial charge in [0, 0.05) is 28.7 Å². The molecular formula is C39H40F6O4. The Morgan fingerprint density at radius 3 is 1.57 bits per heavy atom. The lowest BCUT2D eigenvalue weighted by atomic mass is 9.85. The molecule has 262 valence electrons. The number of ether oxygens (including phenoxy) is 3. The van der Waals surface area contributed by atoms with Crippen LogP contribution in [0.2, 0.25) is 0 Å². The molecule has 2 aliphatic rings. The second-order valence-electron chi connectivity index (χ2n) is 12.4. The van der Waals surface area contributed by atoms with Crippen molar-refractivity contribution < 1.29 is 45.3 Å². The van der Waals surface area contributed by atoms with Crippen LogP contribution in [0.4, 0.5) is 26.3 Å². The molecule has 2 atom stereocenters. The van der Waals surface area contributed by atoms with Crippen LogP contribution in [0.15, 0.2) is 48.6 Å². The highest BCUT2D eigenvalue weighted by Crippen LogP contribution is 2.38. The van der Waals surface area contributed by atoms with Crippen molar-refractivity contribution in [3.8, 4) is 22.6 Å². The Morgan fingerprint density at radius 2 is 1.06 bits per heavy atom. The normalized spacial score (nSPS) is 17.7. The van der Waals surface area contributed by atoms with Gasteiger partial charge < -0.3 is 14.2 Å². The first kappa shape index (κ1) is 36.1. The molecule has 3 aromatic carbocycles. The van der Waals surface area contributed by atoms with E-state index in [1.807, 2.05) is 13.8 Å². The summed E-state index contributed by atoms with van der Waals surface area (Å²) >= 11 is 0. The van der Waals surface area contributed by atoms with Crippen molar-refractivity contribution >= 4 is 17.1 Å². The van der Waals surface area contributed by atoms with Crippen LogP contribution in [0.25, 0.3) is 22.3 Å². The lowest BCUT2D eigenvalue weighted by Gasteiger charge is -2.26. The van der Waals surface area contributed by atoms with Crippen molar-refractivity contribution in [3.05, 3.63) is 94.6 Å². The Morgan fingerprint density at radius 1 is 0.612 bits per heavy atom. The van der Waals surface area contributed by atoms with Gasteiger partial charge in [0.15, 0.2) is 34.8 Å². The van der Waals surface area contributed by atoms with Crippen LogP contribution in [0.3, 0.4) is 0 Å². The van der Waals surface area contributed by atoms with E-state index < -0.39 is 64.0 Å². The molecule has 0 N–H and O–H groups in total. The molecule has 4 nitrogen and oxygen atoms in total. The average molecular weight is 687 g/mol. The molecule has 49 heavy (non-hydrogen) atoms. The van der Waals surface area contributed by atoms with E-state index in [1.165, 1.54) is 30.3 Å². The zero-order valence-electron chi connectivity index (χ0n) is 27.7. The summed E-state index contributed by atoms with van der Waals surface area (Å²) < 4.78 is 106. The highest BCUT2D eigenvalue weighted by Gasteiger charge is 2.29. The first-order valence-electron chi connectivity index (χ1n) is 16.9. The van der Waals surface area contributed by atoms with E-state index in [4.69, 9.17) is 14.2 Å². The molecule has 0 saturated carbocycles. The summed E-state index contributed by atoms with van der Waals surface area (Å²) in [5, 5.41) is 0. The fraction of sp³-hybridized carbons (Fsp3) is 0.410. The minimum Gasteiger partial charge on any atom is -0.490 e. The molecule has 0 radical (unpaired) electrons. The summed E-state index contributed by atoms with van der Waals surface area (Å²) in [6, 6.07) is 7.84. The third-order valence-corrected chi connectivity index (χ3v) is 9.06. The van der Waals surface area contributed by atoms with E-state index in [0.29, 0.717) is 49.9 Å². The minimum absolute atomic E-state index is 0.0114. The van der Waals surface area contributed by atoms with Crippen LogP contribution in [0, 0.1) is 40.8 Å². The number of hydrogen-bond donors (Lipinski definition) is 0. The van der Waals surface area contributed by atoms with Crippen LogP contribution in [-0.4, -0.2) is 25.3 Å². The van der Waals surface area contributed by atoms with E-state index in [0.717, 1.165) is 25.3 Å². The first-order chi connectivity index (χ1) is 23.6. The van der Waals surface area contributed by atoms with Gasteiger partial charge in [-0.3, -0.25) is 4.79 Å². The van der Waals surface area contributed by atoms with Gasteiger partial charge in [-0.05, 0) is 80.4 Å². The summed E-state index contributed by atoms with van der Waals surface area (Å²) in [6.45, 7) is 4.41. The van der Waals surface area contributed by atoms with E-state index in [1.54, 1.807) is 12.2 Å². The van der Waals surface area contributed by atoms with Crippen LogP contribution < -0.4 is 9.47 Å². The van der Waals surface area contributed by atoms with Crippen molar-refractivity contribution in [1.82, 2.24) is 0 Å². The van der Waals surface area contributed by atoms with Gasteiger partial charge in [-0.2, -0.15) is 8.78 Å². The smallest absolute Gasteiger partial charge is 0.309 e. The molecule has 5 rings (SSSR count). The lowest BCUT2D eigenvalue weighted by molar-refractivity contribution is -0.154. The Hall–Kier alpha value is -4.21. The summed E-state index contributed by atoms with van der Waals surface area (Å²) in [4.78, 5) is 13.0. The number of rotatable bonds is 13. The monoisotopic (exact) mass is 686 g/mol. The number of allylic oxidation sites excluding steroid dienone is 3. The standard InChI is InChI=1S/C39H40F6O4/c1-3-5-21-47-31-19-17-28(34(41)37(31)44)24-11-13-26(14-12-24)49-39(46)25-9-7-23(8-10-25)27-15-16-29(35(42)33(27)40)30-18-20-32(38(45)36(30)43)48-22-6-4-2/h7,11,15-20,25-26H,3-6,8-10,12-14,21-22H2,1-2H3. The van der Waals surface area contributed by atoms with Gasteiger partial charge in [-0.15, -0.1) is 0 Å². The fourth-order valence-corrected chi connectivity index (χ4v) is 6.12. The molecule has 2 aliphatic carbocycles. The number of carbonyl (C=O) groups is 1. The predicted molar refractivity (Wildman–Crippen MR) is 176 cm³/mol. The van der Waals surface area contributed by atoms with Gasteiger partial charge in [0.1, 0.15) is 6.10 Å². The number of esters is 1. The largest absolute Gasteiger partial charge is 0.490 e. The lowest BCUT2D eigenvalue weighted by Crippen LogP contribution is -2.26. The first-order valence-corrected chi connectivity index (χ1v) is 16.9. The molecule has 0 amide bonds. The second-order valence-corrected chi connectivity index (χ2v) is 12.4. The average Bonchev–Trinajstić information content (AvgIpc) is 3.11. The number of unbranched alkanes of at least 4 members (excludes halogenated alkanes) is 2. The summed E-state index contributed by atoms with van der Waals surface area (Å²) in [5.74, 6) is -8.37. The molecule has 0 fully saturated rings. The Bertz CT molecular complexity index is 1730. The van der Waals surface area contributed by atoms with Crippen LogP contribution in [0.5, 0.6) is 11.5 Å². The van der Waals surface area contributed by atoms with Gasteiger partial charge in [0.2, 0.25) is 11.6 Å². The molecule has 3 aromatic rings. The summed E-state index contributed by atoms with van der Waals surface area (Å²) in [6.07, 6.45) is 8.13. The van der Waals surface area contributed by atoms with Crippen molar-refractivity contribution in [2.45, 2.75) is 84.2 Å². The quantitative estimate of drug-likeness (QED) is 0.102.